The van der Waals surface area contributed by atoms with Crippen LogP contribution in [0.5, 0.6) is 0 Å². The van der Waals surface area contributed by atoms with Gasteiger partial charge in [-0.15, -0.1) is 5.10 Å². The summed E-state index contributed by atoms with van der Waals surface area (Å²) in [6, 6.07) is 7.12. The number of anilines is 1. The number of rotatable bonds is 2. The number of nitrogens with zero attached hydrogens (tertiary/aromatic N) is 6. The minimum atomic E-state index is 0.381. The van der Waals surface area contributed by atoms with E-state index in [4.69, 9.17) is 17.3 Å². The highest BCUT2D eigenvalue weighted by Gasteiger charge is 2.11. The molecule has 0 spiro atoms. The number of aromatic amines is 1. The van der Waals surface area contributed by atoms with Gasteiger partial charge in [-0.25, -0.2) is 4.98 Å². The van der Waals surface area contributed by atoms with Crippen LogP contribution in [0.1, 0.15) is 5.56 Å². The maximum absolute atomic E-state index is 5.95. The van der Waals surface area contributed by atoms with Crippen LogP contribution in [0.3, 0.4) is 0 Å². The van der Waals surface area contributed by atoms with E-state index < -0.39 is 0 Å². The van der Waals surface area contributed by atoms with Gasteiger partial charge in [0.15, 0.2) is 0 Å². The topological polar surface area (TPSA) is 111 Å². The molecule has 0 aliphatic heterocycles. The quantitative estimate of drug-likeness (QED) is 0.578. The first-order chi connectivity index (χ1) is 10.2. The Morgan fingerprint density at radius 2 is 2.00 bits per heavy atom. The van der Waals surface area contributed by atoms with Crippen molar-refractivity contribution in [3.63, 3.8) is 0 Å². The number of nitrogen functional groups attached to an aromatic ring is 1. The molecule has 0 atom stereocenters. The van der Waals surface area contributed by atoms with Crippen LogP contribution in [0, 0.1) is 0 Å². The summed E-state index contributed by atoms with van der Waals surface area (Å²) in [5, 5.41) is 20.0. The van der Waals surface area contributed by atoms with Crippen molar-refractivity contribution in [3.05, 3.63) is 34.9 Å². The second kappa shape index (κ2) is 4.38. The van der Waals surface area contributed by atoms with Gasteiger partial charge in [-0.2, -0.15) is 25.3 Å². The van der Waals surface area contributed by atoms with Gasteiger partial charge in [0.05, 0.1) is 6.54 Å². The lowest BCUT2D eigenvalue weighted by atomic mass is 10.2. The van der Waals surface area contributed by atoms with E-state index in [0.717, 1.165) is 16.6 Å². The van der Waals surface area contributed by atoms with Crippen molar-refractivity contribution in [2.75, 3.05) is 5.73 Å². The van der Waals surface area contributed by atoms with Crippen LogP contribution < -0.4 is 5.73 Å². The number of hydrogen-bond acceptors (Lipinski definition) is 6. The molecule has 4 rings (SSSR count). The Morgan fingerprint density at radius 3 is 2.90 bits per heavy atom. The number of pyridine rings is 1. The first-order valence-electron chi connectivity index (χ1n) is 6.15. The third kappa shape index (κ3) is 2.05. The summed E-state index contributed by atoms with van der Waals surface area (Å²) in [7, 11) is 0. The van der Waals surface area contributed by atoms with Gasteiger partial charge >= 0.3 is 0 Å². The summed E-state index contributed by atoms with van der Waals surface area (Å²) < 4.78 is 0. The molecule has 0 saturated carbocycles. The standard InChI is InChI=1S/C12H9ClN8/c13-7-1-2-8-9(4-7)19-21(18-8)5-6-3-10(14)15-12-11(6)16-20-17-12/h1-4H,5H2,(H3,14,15,16,17,20). The molecule has 9 heteroatoms. The third-order valence-corrected chi connectivity index (χ3v) is 3.32. The highest BCUT2D eigenvalue weighted by Crippen LogP contribution is 2.18. The SMILES string of the molecule is Nc1cc(Cn2nc3ccc(Cl)cc3n2)c2n[nH]nc2n1. The van der Waals surface area contributed by atoms with Gasteiger partial charge in [0, 0.05) is 10.6 Å². The smallest absolute Gasteiger partial charge is 0.203 e. The van der Waals surface area contributed by atoms with Gasteiger partial charge < -0.3 is 5.73 Å². The van der Waals surface area contributed by atoms with E-state index in [-0.39, 0.29) is 0 Å². The van der Waals surface area contributed by atoms with Gasteiger partial charge in [0.2, 0.25) is 5.65 Å². The molecule has 21 heavy (non-hydrogen) atoms. The lowest BCUT2D eigenvalue weighted by Crippen LogP contribution is -2.05. The number of hydrogen-bond donors (Lipinski definition) is 2. The van der Waals surface area contributed by atoms with Crippen LogP contribution in [0.15, 0.2) is 24.3 Å². The normalized spacial score (nSPS) is 11.5. The Labute approximate surface area is 122 Å². The molecule has 3 heterocycles. The molecule has 0 radical (unpaired) electrons. The summed E-state index contributed by atoms with van der Waals surface area (Å²) in [6.45, 7) is 0.419. The van der Waals surface area contributed by atoms with E-state index in [1.165, 1.54) is 0 Å². The maximum Gasteiger partial charge on any atom is 0.203 e. The summed E-state index contributed by atoms with van der Waals surface area (Å²) in [6.07, 6.45) is 0. The lowest BCUT2D eigenvalue weighted by Gasteiger charge is -2.01. The molecule has 3 aromatic heterocycles. The molecule has 0 aliphatic carbocycles. The van der Waals surface area contributed by atoms with Crippen molar-refractivity contribution in [1.29, 1.82) is 0 Å². The van der Waals surface area contributed by atoms with Gasteiger partial charge in [-0.05, 0) is 24.3 Å². The lowest BCUT2D eigenvalue weighted by molar-refractivity contribution is 0.602. The molecular weight excluding hydrogens is 292 g/mol. The fourth-order valence-electron chi connectivity index (χ4n) is 2.20. The molecule has 8 nitrogen and oxygen atoms in total. The molecule has 1 aromatic carbocycles. The number of benzene rings is 1. The molecule has 104 valence electrons. The average molecular weight is 301 g/mol. The Hall–Kier alpha value is -2.74. The zero-order valence-corrected chi connectivity index (χ0v) is 11.4. The van der Waals surface area contributed by atoms with Crippen molar-refractivity contribution >= 4 is 39.6 Å². The molecule has 0 fully saturated rings. The van der Waals surface area contributed by atoms with E-state index in [0.29, 0.717) is 28.5 Å². The third-order valence-electron chi connectivity index (χ3n) is 3.09. The first kappa shape index (κ1) is 12.0. The van der Waals surface area contributed by atoms with Crippen LogP contribution in [0.2, 0.25) is 5.02 Å². The molecule has 3 N–H and O–H groups in total. The van der Waals surface area contributed by atoms with Crippen LogP contribution in [0.4, 0.5) is 5.82 Å². The van der Waals surface area contributed by atoms with Crippen LogP contribution in [-0.2, 0) is 6.54 Å². The van der Waals surface area contributed by atoms with E-state index in [9.17, 15) is 0 Å². The largest absolute Gasteiger partial charge is 0.384 e. The highest BCUT2D eigenvalue weighted by atomic mass is 35.5. The van der Waals surface area contributed by atoms with Gasteiger partial charge in [0.1, 0.15) is 22.4 Å². The molecule has 0 amide bonds. The zero-order valence-electron chi connectivity index (χ0n) is 10.7. The monoisotopic (exact) mass is 300 g/mol. The predicted molar refractivity (Wildman–Crippen MR) is 77.7 cm³/mol. The Morgan fingerprint density at radius 1 is 1.14 bits per heavy atom. The van der Waals surface area contributed by atoms with Crippen molar-refractivity contribution < 1.29 is 0 Å². The van der Waals surface area contributed by atoms with Crippen LogP contribution >= 0.6 is 11.6 Å². The fraction of sp³-hybridized carbons (Fsp3) is 0.0833. The average Bonchev–Trinajstić information content (AvgIpc) is 3.03. The molecular formula is C12H9ClN8. The Balaban J connectivity index is 1.80. The molecule has 0 aliphatic rings. The highest BCUT2D eigenvalue weighted by molar-refractivity contribution is 6.31. The van der Waals surface area contributed by atoms with E-state index in [1.54, 1.807) is 23.0 Å². The van der Waals surface area contributed by atoms with Gasteiger partial charge in [0.25, 0.3) is 0 Å². The Bertz CT molecular complexity index is 956. The fourth-order valence-corrected chi connectivity index (χ4v) is 2.36. The Kier molecular flexibility index (Phi) is 2.51. The van der Waals surface area contributed by atoms with E-state index in [2.05, 4.69) is 30.6 Å². The number of fused-ring (bicyclic) bond motifs is 2. The number of nitrogens with two attached hydrogens (primary N) is 1. The summed E-state index contributed by atoms with van der Waals surface area (Å²) in [5.41, 5.74) is 9.26. The van der Waals surface area contributed by atoms with Crippen molar-refractivity contribution in [2.45, 2.75) is 6.54 Å². The minimum Gasteiger partial charge on any atom is -0.384 e. The van der Waals surface area contributed by atoms with Gasteiger partial charge in [-0.1, -0.05) is 11.6 Å². The zero-order chi connectivity index (χ0) is 14.4. The van der Waals surface area contributed by atoms with Crippen molar-refractivity contribution in [1.82, 2.24) is 35.4 Å². The van der Waals surface area contributed by atoms with Crippen molar-refractivity contribution in [3.8, 4) is 0 Å². The van der Waals surface area contributed by atoms with E-state index in [1.807, 2.05) is 6.07 Å². The minimum absolute atomic E-state index is 0.381. The summed E-state index contributed by atoms with van der Waals surface area (Å²) >= 11 is 5.95. The second-order valence-corrected chi connectivity index (χ2v) is 5.00. The van der Waals surface area contributed by atoms with Crippen molar-refractivity contribution in [2.24, 2.45) is 0 Å². The van der Waals surface area contributed by atoms with Gasteiger partial charge in [-0.3, -0.25) is 0 Å². The number of H-pyrrole nitrogens is 1. The molecule has 4 aromatic rings. The summed E-state index contributed by atoms with van der Waals surface area (Å²) in [5.74, 6) is 0.381. The van der Waals surface area contributed by atoms with E-state index >= 15 is 0 Å². The second-order valence-electron chi connectivity index (χ2n) is 4.57. The number of halogens is 1. The molecule has 0 bridgehead atoms. The summed E-state index contributed by atoms with van der Waals surface area (Å²) in [4.78, 5) is 5.67. The predicted octanol–water partition coefficient (Wildman–Crippen LogP) is 1.38. The first-order valence-corrected chi connectivity index (χ1v) is 6.53. The molecule has 0 saturated heterocycles. The number of nitrogens with one attached hydrogen (secondary N) is 1. The maximum atomic E-state index is 5.95. The van der Waals surface area contributed by atoms with Crippen LogP contribution in [-0.4, -0.2) is 35.4 Å². The van der Waals surface area contributed by atoms with Crippen LogP contribution in [0.25, 0.3) is 22.2 Å². The number of aromatic nitrogens is 7. The molecule has 0 unspecified atom stereocenters.